The van der Waals surface area contributed by atoms with E-state index in [0.717, 1.165) is 22.4 Å². The third kappa shape index (κ3) is 11.4. The predicted molar refractivity (Wildman–Crippen MR) is 304 cm³/mol. The molecule has 70 heavy (non-hydrogen) atoms. The Morgan fingerprint density at radius 2 is 0.843 bits per heavy atom. The van der Waals surface area contributed by atoms with Crippen LogP contribution < -0.4 is 10.4 Å². The second kappa shape index (κ2) is 22.8. The maximum absolute atomic E-state index is 4.93. The zero-order valence-corrected chi connectivity index (χ0v) is 46.7. The van der Waals surface area contributed by atoms with E-state index in [2.05, 4.69) is 256 Å². The van der Waals surface area contributed by atoms with Crippen LogP contribution >= 0.6 is 17.0 Å². The van der Waals surface area contributed by atoms with Gasteiger partial charge in [0.15, 0.2) is 0 Å². The number of fused-ring (bicyclic) bond motifs is 5. The number of hydrogen-bond donors (Lipinski definition) is 0. The van der Waals surface area contributed by atoms with Gasteiger partial charge in [-0.3, -0.25) is 0 Å². The first kappa shape index (κ1) is 51.0. The second-order valence-corrected chi connectivity index (χ2v) is 25.0. The normalized spacial score (nSPS) is 11.6. The van der Waals surface area contributed by atoms with Crippen LogP contribution in [0.1, 0.15) is 77.6 Å². The summed E-state index contributed by atoms with van der Waals surface area (Å²) in [5.74, 6) is 0. The fraction of sp³-hybridized carbons (Fsp3) is 0.182. The van der Waals surface area contributed by atoms with E-state index in [1.54, 1.807) is 0 Å². The SMILES string of the molecule is CCc1cc2c(-c3ccccc3-c3ccccc3)c(C(C)(C)C)ccc2[cH-]1.CCc1cc2c(-c3ccccc3-c3ccccc3)c(C(C)(C)C)ccc2[cH-]1.[Cl][Zr][Cl].[c-]1cccc2c1[Si]c1ccccc1-2. The summed E-state index contributed by atoms with van der Waals surface area (Å²) in [6.45, 7) is 18.3. The molecule has 0 aromatic heterocycles. The molecule has 1 heterocycles. The maximum Gasteiger partial charge on any atom is 0.0920 e. The first-order valence-corrected chi connectivity index (χ1v) is 31.8. The molecule has 10 aromatic rings. The first-order chi connectivity index (χ1) is 33.8. The van der Waals surface area contributed by atoms with Gasteiger partial charge in [-0.1, -0.05) is 222 Å². The summed E-state index contributed by atoms with van der Waals surface area (Å²) in [7, 11) is 10.7. The maximum atomic E-state index is 4.93. The molecule has 11 rings (SSSR count). The summed E-state index contributed by atoms with van der Waals surface area (Å²) in [5.41, 5.74) is 19.1. The van der Waals surface area contributed by atoms with Crippen LogP contribution in [0.4, 0.5) is 0 Å². The molecule has 0 N–H and O–H groups in total. The van der Waals surface area contributed by atoms with Crippen molar-refractivity contribution in [1.29, 1.82) is 0 Å². The summed E-state index contributed by atoms with van der Waals surface area (Å²) in [4.78, 5) is 0. The standard InChI is InChI=1S/2C27H27.C12H7Si.2ClH.Zr/c2*1-5-19-17-21-15-16-25(27(2,3)4)26(24(21)18-19)23-14-10-9-13-22(23)20-11-7-6-8-12-20;1-3-7-11-9(5-1)10-6-2-4-8-12(10)13-11;;;/h2*6-18H,5H2,1-4H3;1-7H;2*1H;/q3*-1;;;+2/p-2. The topological polar surface area (TPSA) is 0 Å². The van der Waals surface area contributed by atoms with E-state index >= 15 is 0 Å². The molecule has 0 saturated carbocycles. The Balaban J connectivity index is 0.000000144. The quantitative estimate of drug-likeness (QED) is 0.115. The zero-order chi connectivity index (χ0) is 49.4. The Bertz CT molecular complexity index is 3100. The molecule has 0 unspecified atom stereocenters. The average Bonchev–Trinajstić information content (AvgIpc) is 4.12. The van der Waals surface area contributed by atoms with E-state index in [1.165, 1.54) is 110 Å². The van der Waals surface area contributed by atoms with Crippen molar-refractivity contribution in [3.63, 3.8) is 0 Å². The predicted octanol–water partition coefficient (Wildman–Crippen LogP) is 18.0. The van der Waals surface area contributed by atoms with Crippen molar-refractivity contribution in [3.05, 3.63) is 229 Å². The molecule has 1 aliphatic heterocycles. The van der Waals surface area contributed by atoms with Gasteiger partial charge in [0.1, 0.15) is 0 Å². The van der Waals surface area contributed by atoms with Gasteiger partial charge >= 0.3 is 37.9 Å². The first-order valence-electron chi connectivity index (χ1n) is 24.4. The summed E-state index contributed by atoms with van der Waals surface area (Å²) in [6, 6.07) is 76.0. The van der Waals surface area contributed by atoms with Crippen LogP contribution in [-0.4, -0.2) is 9.52 Å². The van der Waals surface area contributed by atoms with E-state index < -0.39 is 20.8 Å². The Labute approximate surface area is 439 Å². The summed E-state index contributed by atoms with van der Waals surface area (Å²) < 4.78 is 0. The Morgan fingerprint density at radius 1 is 0.457 bits per heavy atom. The Kier molecular flexibility index (Phi) is 16.6. The van der Waals surface area contributed by atoms with Crippen molar-refractivity contribution in [1.82, 2.24) is 0 Å². The van der Waals surface area contributed by atoms with Crippen LogP contribution in [0.25, 0.3) is 77.2 Å². The monoisotopic (exact) mass is 1040 g/mol. The number of aryl methyl sites for hydroxylation is 2. The Hall–Kier alpha value is -5.34. The molecule has 2 radical (unpaired) electrons. The van der Waals surface area contributed by atoms with Gasteiger partial charge in [0.05, 0.1) is 9.52 Å². The number of rotatable bonds is 6. The largest absolute Gasteiger partial charge is 0.184 e. The minimum Gasteiger partial charge on any atom is -0.184 e. The summed E-state index contributed by atoms with van der Waals surface area (Å²) >= 11 is -0.826. The number of hydrogen-bond acceptors (Lipinski definition) is 0. The van der Waals surface area contributed by atoms with Crippen molar-refractivity contribution in [2.24, 2.45) is 0 Å². The molecule has 0 spiro atoms. The van der Waals surface area contributed by atoms with Crippen molar-refractivity contribution in [3.8, 4) is 55.6 Å². The molecule has 0 saturated heterocycles. The fourth-order valence-corrected chi connectivity index (χ4v) is 11.1. The van der Waals surface area contributed by atoms with Crippen molar-refractivity contribution < 1.29 is 20.8 Å². The minimum atomic E-state index is -0.826. The van der Waals surface area contributed by atoms with Crippen LogP contribution in [0.5, 0.6) is 0 Å². The number of benzene rings is 8. The van der Waals surface area contributed by atoms with Crippen LogP contribution in [-0.2, 0) is 44.5 Å². The third-order valence-corrected chi connectivity index (χ3v) is 14.6. The van der Waals surface area contributed by atoms with E-state index in [4.69, 9.17) is 17.0 Å². The molecule has 0 fully saturated rings. The average molecular weight is 1040 g/mol. The van der Waals surface area contributed by atoms with Crippen molar-refractivity contribution >= 4 is 58.5 Å². The molecule has 0 amide bonds. The van der Waals surface area contributed by atoms with Gasteiger partial charge in [-0.05, 0) is 57.1 Å². The zero-order valence-electron chi connectivity index (χ0n) is 41.7. The van der Waals surface area contributed by atoms with Crippen molar-refractivity contribution in [2.75, 3.05) is 0 Å². The van der Waals surface area contributed by atoms with E-state index in [1.807, 2.05) is 6.07 Å². The summed E-state index contributed by atoms with van der Waals surface area (Å²) in [6.07, 6.45) is 2.14. The molecule has 350 valence electrons. The smallest absolute Gasteiger partial charge is 0.0920 e. The molecule has 0 nitrogen and oxygen atoms in total. The van der Waals surface area contributed by atoms with Crippen LogP contribution in [0, 0.1) is 6.07 Å². The van der Waals surface area contributed by atoms with Gasteiger partial charge in [0.2, 0.25) is 0 Å². The molecule has 0 atom stereocenters. The van der Waals surface area contributed by atoms with Gasteiger partial charge in [-0.25, -0.2) is 0 Å². The molecular weight excluding hydrogens is 983 g/mol. The van der Waals surface area contributed by atoms with E-state index in [9.17, 15) is 0 Å². The molecule has 0 aliphatic carbocycles. The minimum absolute atomic E-state index is 0.0803. The van der Waals surface area contributed by atoms with Gasteiger partial charge in [-0.2, -0.15) is 41.6 Å². The van der Waals surface area contributed by atoms with Crippen LogP contribution in [0.15, 0.2) is 200 Å². The van der Waals surface area contributed by atoms with Gasteiger partial charge < -0.3 is 0 Å². The molecule has 4 heteroatoms. The van der Waals surface area contributed by atoms with E-state index in [-0.39, 0.29) is 10.8 Å². The molecule has 10 aromatic carbocycles. The van der Waals surface area contributed by atoms with Crippen LogP contribution in [0.3, 0.4) is 0 Å². The van der Waals surface area contributed by atoms with Gasteiger partial charge in [-0.15, -0.1) is 74.6 Å². The number of halogens is 2. The third-order valence-electron chi connectivity index (χ3n) is 13.2. The molecule has 1 aliphatic rings. The van der Waals surface area contributed by atoms with Crippen LogP contribution in [0.2, 0.25) is 0 Å². The summed E-state index contributed by atoms with van der Waals surface area (Å²) in [5, 5.41) is 8.27. The van der Waals surface area contributed by atoms with Gasteiger partial charge in [0, 0.05) is 0 Å². The van der Waals surface area contributed by atoms with Crippen molar-refractivity contribution in [2.45, 2.75) is 79.1 Å². The Morgan fingerprint density at radius 3 is 1.27 bits per heavy atom. The molecular formula is C66H61Cl2SiZr-3. The second-order valence-electron chi connectivity index (χ2n) is 19.9. The van der Waals surface area contributed by atoms with Gasteiger partial charge in [0.25, 0.3) is 0 Å². The molecule has 0 bridgehead atoms. The fourth-order valence-electron chi connectivity index (χ4n) is 9.79. The van der Waals surface area contributed by atoms with E-state index in [0.29, 0.717) is 0 Å².